The van der Waals surface area contributed by atoms with E-state index in [1.54, 1.807) is 0 Å². The first-order chi connectivity index (χ1) is 8.78. The highest BCUT2D eigenvalue weighted by molar-refractivity contribution is 6.17. The number of hydrogen-bond acceptors (Lipinski definition) is 2. The highest BCUT2D eigenvalue weighted by Gasteiger charge is 2.13. The van der Waals surface area contributed by atoms with Crippen LogP contribution in [0.25, 0.3) is 0 Å². The summed E-state index contributed by atoms with van der Waals surface area (Å²) in [5, 5.41) is 4.64. The summed E-state index contributed by atoms with van der Waals surface area (Å²) in [7, 11) is 0. The van der Waals surface area contributed by atoms with Crippen molar-refractivity contribution in [3.63, 3.8) is 0 Å². The third kappa shape index (κ3) is 3.99. The largest absolute Gasteiger partial charge is 0.380 e. The van der Waals surface area contributed by atoms with Crippen LogP contribution >= 0.6 is 11.6 Å². The maximum atomic E-state index is 6.03. The van der Waals surface area contributed by atoms with Crippen molar-refractivity contribution in [1.82, 2.24) is 9.78 Å². The summed E-state index contributed by atoms with van der Waals surface area (Å²) >= 11 is 6.03. The van der Waals surface area contributed by atoms with Crippen LogP contribution in [0.1, 0.15) is 50.6 Å². The molecule has 0 radical (unpaired) electrons. The summed E-state index contributed by atoms with van der Waals surface area (Å²) < 4.78 is 7.67. The fourth-order valence-corrected chi connectivity index (χ4v) is 2.42. The van der Waals surface area contributed by atoms with Gasteiger partial charge in [-0.1, -0.05) is 27.2 Å². The minimum absolute atomic E-state index is 0.559. The Morgan fingerprint density at radius 1 is 1.17 bits per heavy atom. The van der Waals surface area contributed by atoms with E-state index in [1.807, 2.05) is 0 Å². The van der Waals surface area contributed by atoms with Crippen LogP contribution in [-0.2, 0) is 30.0 Å². The molecule has 0 bridgehead atoms. The van der Waals surface area contributed by atoms with E-state index in [0.717, 1.165) is 44.7 Å². The third-order valence-electron chi connectivity index (χ3n) is 3.14. The molecule has 0 aliphatic carbocycles. The van der Waals surface area contributed by atoms with Crippen molar-refractivity contribution in [2.45, 2.75) is 58.9 Å². The lowest BCUT2D eigenvalue weighted by atomic mass is 10.1. The molecule has 0 unspecified atom stereocenters. The van der Waals surface area contributed by atoms with Gasteiger partial charge in [-0.3, -0.25) is 4.68 Å². The zero-order valence-corrected chi connectivity index (χ0v) is 12.6. The summed E-state index contributed by atoms with van der Waals surface area (Å²) in [5.74, 6) is 0.559. The van der Waals surface area contributed by atoms with E-state index in [0.29, 0.717) is 5.88 Å². The minimum Gasteiger partial charge on any atom is -0.380 e. The summed E-state index contributed by atoms with van der Waals surface area (Å²) in [6, 6.07) is 0. The van der Waals surface area contributed by atoms with Crippen LogP contribution in [0.4, 0.5) is 0 Å². The molecule has 1 heterocycles. The molecule has 0 spiro atoms. The van der Waals surface area contributed by atoms with Crippen LogP contribution in [0.5, 0.6) is 0 Å². The molecule has 4 heteroatoms. The van der Waals surface area contributed by atoms with Gasteiger partial charge in [0.2, 0.25) is 0 Å². The Hall–Kier alpha value is -0.540. The van der Waals surface area contributed by atoms with Gasteiger partial charge in [0.15, 0.2) is 0 Å². The van der Waals surface area contributed by atoms with Gasteiger partial charge in [-0.05, 0) is 19.3 Å². The molecule has 1 aromatic rings. The van der Waals surface area contributed by atoms with Gasteiger partial charge in [-0.25, -0.2) is 0 Å². The first-order valence-electron chi connectivity index (χ1n) is 6.99. The predicted molar refractivity (Wildman–Crippen MR) is 76.3 cm³/mol. The number of alkyl halides is 1. The average Bonchev–Trinajstić information content (AvgIpc) is 2.75. The van der Waals surface area contributed by atoms with Crippen LogP contribution < -0.4 is 0 Å². The summed E-state index contributed by atoms with van der Waals surface area (Å²) in [5.41, 5.74) is 3.62. The van der Waals surface area contributed by atoms with Gasteiger partial charge in [-0.15, -0.1) is 11.6 Å². The molecular weight excluding hydrogens is 248 g/mol. The molecule has 1 rings (SSSR count). The molecule has 0 saturated carbocycles. The Bertz CT molecular complexity index is 350. The number of ether oxygens (including phenoxy) is 1. The number of halogens is 1. The standard InChI is InChI=1S/C14H25ClN2O/c1-4-7-9-18-10-8-17-14(6-3)12(11-15)13(5-2)16-17/h4-11H2,1-3H3. The highest BCUT2D eigenvalue weighted by atomic mass is 35.5. The summed E-state index contributed by atoms with van der Waals surface area (Å²) in [4.78, 5) is 0. The zero-order valence-electron chi connectivity index (χ0n) is 11.8. The summed E-state index contributed by atoms with van der Waals surface area (Å²) in [6.07, 6.45) is 4.23. The topological polar surface area (TPSA) is 27.1 Å². The Balaban J connectivity index is 2.61. The van der Waals surface area contributed by atoms with E-state index in [4.69, 9.17) is 16.3 Å². The predicted octanol–water partition coefficient (Wildman–Crippen LogP) is 3.56. The molecule has 0 N–H and O–H groups in total. The van der Waals surface area contributed by atoms with Crippen LogP contribution in [0.2, 0.25) is 0 Å². The van der Waals surface area contributed by atoms with Gasteiger partial charge >= 0.3 is 0 Å². The van der Waals surface area contributed by atoms with E-state index in [1.165, 1.54) is 17.7 Å². The van der Waals surface area contributed by atoms with Crippen molar-refractivity contribution in [3.05, 3.63) is 17.0 Å². The number of nitrogens with zero attached hydrogens (tertiary/aromatic N) is 2. The zero-order chi connectivity index (χ0) is 13.4. The molecule has 0 fully saturated rings. The van der Waals surface area contributed by atoms with E-state index in [2.05, 4.69) is 30.6 Å². The lowest BCUT2D eigenvalue weighted by molar-refractivity contribution is 0.120. The number of unbranched alkanes of at least 4 members (excludes halogenated alkanes) is 1. The first kappa shape index (κ1) is 15.5. The van der Waals surface area contributed by atoms with Crippen molar-refractivity contribution < 1.29 is 4.74 Å². The molecular formula is C14H25ClN2O. The lowest BCUT2D eigenvalue weighted by Crippen LogP contribution is -2.11. The fourth-order valence-electron chi connectivity index (χ4n) is 2.11. The van der Waals surface area contributed by atoms with Gasteiger partial charge < -0.3 is 4.74 Å². The number of aromatic nitrogens is 2. The Kier molecular flexibility index (Phi) is 7.36. The Labute approximate surface area is 115 Å². The van der Waals surface area contributed by atoms with Gasteiger partial charge in [0.1, 0.15) is 0 Å². The van der Waals surface area contributed by atoms with Crippen LogP contribution in [-0.4, -0.2) is 23.0 Å². The fraction of sp³-hybridized carbons (Fsp3) is 0.786. The third-order valence-corrected chi connectivity index (χ3v) is 3.41. The minimum atomic E-state index is 0.559. The van der Waals surface area contributed by atoms with Gasteiger partial charge in [0.25, 0.3) is 0 Å². The quantitative estimate of drug-likeness (QED) is 0.508. The average molecular weight is 273 g/mol. The molecule has 104 valence electrons. The van der Waals surface area contributed by atoms with E-state index < -0.39 is 0 Å². The van der Waals surface area contributed by atoms with Crippen molar-refractivity contribution in [2.75, 3.05) is 13.2 Å². The van der Waals surface area contributed by atoms with Crippen LogP contribution in [0, 0.1) is 0 Å². The molecule has 0 saturated heterocycles. The van der Waals surface area contributed by atoms with Gasteiger partial charge in [0, 0.05) is 17.9 Å². The van der Waals surface area contributed by atoms with Crippen molar-refractivity contribution in [1.29, 1.82) is 0 Å². The molecule has 3 nitrogen and oxygen atoms in total. The molecule has 0 aliphatic rings. The molecule has 0 amide bonds. The van der Waals surface area contributed by atoms with Crippen molar-refractivity contribution in [2.24, 2.45) is 0 Å². The normalized spacial score (nSPS) is 11.1. The maximum absolute atomic E-state index is 6.03. The van der Waals surface area contributed by atoms with E-state index in [-0.39, 0.29) is 0 Å². The number of hydrogen-bond donors (Lipinski definition) is 0. The first-order valence-corrected chi connectivity index (χ1v) is 7.52. The monoisotopic (exact) mass is 272 g/mol. The molecule has 0 aromatic carbocycles. The smallest absolute Gasteiger partial charge is 0.0668 e. The van der Waals surface area contributed by atoms with Gasteiger partial charge in [0.05, 0.1) is 24.7 Å². The molecule has 0 aliphatic heterocycles. The highest BCUT2D eigenvalue weighted by Crippen LogP contribution is 2.18. The molecule has 1 aromatic heterocycles. The van der Waals surface area contributed by atoms with Crippen molar-refractivity contribution in [3.8, 4) is 0 Å². The number of rotatable bonds is 9. The Morgan fingerprint density at radius 3 is 2.50 bits per heavy atom. The van der Waals surface area contributed by atoms with Gasteiger partial charge in [-0.2, -0.15) is 5.10 Å². The second-order valence-corrected chi connectivity index (χ2v) is 4.67. The number of aryl methyl sites for hydroxylation is 1. The Morgan fingerprint density at radius 2 is 1.94 bits per heavy atom. The lowest BCUT2D eigenvalue weighted by Gasteiger charge is -2.07. The molecule has 18 heavy (non-hydrogen) atoms. The van der Waals surface area contributed by atoms with Crippen LogP contribution in [0.3, 0.4) is 0 Å². The second-order valence-electron chi connectivity index (χ2n) is 4.40. The maximum Gasteiger partial charge on any atom is 0.0668 e. The SMILES string of the molecule is CCCCOCCn1nc(CC)c(CCl)c1CC. The second kappa shape index (κ2) is 8.54. The van der Waals surface area contributed by atoms with E-state index >= 15 is 0 Å². The summed E-state index contributed by atoms with van der Waals surface area (Å²) in [6.45, 7) is 8.87. The molecule has 0 atom stereocenters. The van der Waals surface area contributed by atoms with Crippen LogP contribution in [0.15, 0.2) is 0 Å². The van der Waals surface area contributed by atoms with Crippen molar-refractivity contribution >= 4 is 11.6 Å². The van der Waals surface area contributed by atoms with E-state index in [9.17, 15) is 0 Å².